The summed E-state index contributed by atoms with van der Waals surface area (Å²) in [6.45, 7) is 3.96. The summed E-state index contributed by atoms with van der Waals surface area (Å²) in [4.78, 5) is 0. The third-order valence-corrected chi connectivity index (χ3v) is 8.16. The molecule has 0 radical (unpaired) electrons. The molecule has 0 bridgehead atoms. The summed E-state index contributed by atoms with van der Waals surface area (Å²) >= 11 is 0. The van der Waals surface area contributed by atoms with Crippen LogP contribution in [0.3, 0.4) is 0 Å². The number of rotatable bonds is 8. The first-order valence-corrected chi connectivity index (χ1v) is 12.2. The van der Waals surface area contributed by atoms with Crippen LogP contribution in [-0.2, 0) is 9.47 Å². The molecule has 4 heteroatoms. The van der Waals surface area contributed by atoms with Gasteiger partial charge in [0.05, 0.1) is 12.2 Å². The Bertz CT molecular complexity index is 398. The lowest BCUT2D eigenvalue weighted by Gasteiger charge is -2.53. The maximum atomic E-state index is 9.83. The van der Waals surface area contributed by atoms with Crippen molar-refractivity contribution < 1.29 is 19.7 Å². The molecule has 0 aliphatic heterocycles. The number of hydrogen-bond donors (Lipinski definition) is 2. The van der Waals surface area contributed by atoms with E-state index in [9.17, 15) is 10.2 Å². The van der Waals surface area contributed by atoms with Gasteiger partial charge in [0.1, 0.15) is 0 Å². The van der Waals surface area contributed by atoms with Gasteiger partial charge in [-0.1, -0.05) is 33.1 Å². The first kappa shape index (κ1) is 22.5. The fourth-order valence-corrected chi connectivity index (χ4v) is 6.54. The predicted molar refractivity (Wildman–Crippen MR) is 112 cm³/mol. The molecule has 3 rings (SSSR count). The summed E-state index contributed by atoms with van der Waals surface area (Å²) in [5, 5.41) is 19.7. The molecule has 0 amide bonds. The van der Waals surface area contributed by atoms with E-state index in [0.717, 1.165) is 37.5 Å². The Morgan fingerprint density at radius 1 is 0.679 bits per heavy atom. The van der Waals surface area contributed by atoms with Crippen LogP contribution < -0.4 is 0 Å². The van der Waals surface area contributed by atoms with Gasteiger partial charge in [-0.3, -0.25) is 0 Å². The minimum atomic E-state index is -0.584. The van der Waals surface area contributed by atoms with Gasteiger partial charge in [-0.2, -0.15) is 0 Å². The maximum absolute atomic E-state index is 9.83. The lowest BCUT2D eigenvalue weighted by molar-refractivity contribution is -0.160. The largest absolute Gasteiger partial charge is 0.368 e. The van der Waals surface area contributed by atoms with Crippen molar-refractivity contribution in [2.45, 2.75) is 135 Å². The van der Waals surface area contributed by atoms with Gasteiger partial charge in [0.25, 0.3) is 0 Å². The van der Waals surface area contributed by atoms with E-state index in [-0.39, 0.29) is 12.2 Å². The molecule has 28 heavy (non-hydrogen) atoms. The maximum Gasteiger partial charge on any atom is 0.154 e. The van der Waals surface area contributed by atoms with Crippen molar-refractivity contribution in [1.82, 2.24) is 0 Å². The van der Waals surface area contributed by atoms with Crippen molar-refractivity contribution >= 4 is 0 Å². The number of ether oxygens (including phenoxy) is 2. The van der Waals surface area contributed by atoms with Gasteiger partial charge in [-0.05, 0) is 94.3 Å². The molecular weight excluding hydrogens is 352 g/mol. The number of aliphatic hydroxyl groups excluding tert-OH is 2. The zero-order chi connectivity index (χ0) is 20.0. The van der Waals surface area contributed by atoms with Crippen LogP contribution in [0.2, 0.25) is 0 Å². The smallest absolute Gasteiger partial charge is 0.154 e. The summed E-state index contributed by atoms with van der Waals surface area (Å²) in [6, 6.07) is 0. The SMILES string of the molecule is CCC(O)OC1CCC(C2(C3CCC(OC(O)CC)CC3)CCCCC2)CC1. The zero-order valence-electron chi connectivity index (χ0n) is 18.3. The summed E-state index contributed by atoms with van der Waals surface area (Å²) in [7, 11) is 0. The summed E-state index contributed by atoms with van der Waals surface area (Å²) in [5.41, 5.74) is 0.529. The van der Waals surface area contributed by atoms with Gasteiger partial charge >= 0.3 is 0 Å². The predicted octanol–water partition coefficient (Wildman–Crippen LogP) is 5.54. The highest BCUT2D eigenvalue weighted by Gasteiger charge is 2.47. The van der Waals surface area contributed by atoms with E-state index < -0.39 is 12.6 Å². The zero-order valence-corrected chi connectivity index (χ0v) is 18.3. The lowest BCUT2D eigenvalue weighted by atomic mass is 9.53. The molecule has 0 saturated heterocycles. The van der Waals surface area contributed by atoms with Crippen molar-refractivity contribution in [2.24, 2.45) is 17.3 Å². The van der Waals surface area contributed by atoms with Gasteiger partial charge in [0.15, 0.2) is 12.6 Å². The molecule has 0 aromatic heterocycles. The Hall–Kier alpha value is -0.160. The van der Waals surface area contributed by atoms with Crippen LogP contribution in [0, 0.1) is 17.3 Å². The quantitative estimate of drug-likeness (QED) is 0.529. The number of hydrogen-bond acceptors (Lipinski definition) is 4. The molecule has 164 valence electrons. The summed E-state index contributed by atoms with van der Waals surface area (Å²) in [6.07, 6.45) is 17.3. The Morgan fingerprint density at radius 3 is 1.43 bits per heavy atom. The topological polar surface area (TPSA) is 58.9 Å². The van der Waals surface area contributed by atoms with Crippen molar-refractivity contribution in [1.29, 1.82) is 0 Å². The van der Waals surface area contributed by atoms with Crippen LogP contribution in [0.1, 0.15) is 110 Å². The first-order valence-electron chi connectivity index (χ1n) is 12.2. The van der Waals surface area contributed by atoms with E-state index in [1.165, 1.54) is 57.8 Å². The highest BCUT2D eigenvalue weighted by atomic mass is 16.6. The van der Waals surface area contributed by atoms with E-state index in [1.807, 2.05) is 13.8 Å². The molecule has 3 saturated carbocycles. The third kappa shape index (κ3) is 5.50. The minimum Gasteiger partial charge on any atom is -0.368 e. The van der Waals surface area contributed by atoms with Gasteiger partial charge in [0, 0.05) is 0 Å². The third-order valence-electron chi connectivity index (χ3n) is 8.16. The monoisotopic (exact) mass is 396 g/mol. The summed E-state index contributed by atoms with van der Waals surface area (Å²) < 4.78 is 11.7. The molecular formula is C24H44O4. The van der Waals surface area contributed by atoms with Crippen LogP contribution >= 0.6 is 0 Å². The van der Waals surface area contributed by atoms with Crippen LogP contribution in [0.15, 0.2) is 0 Å². The van der Waals surface area contributed by atoms with E-state index in [2.05, 4.69) is 0 Å². The fraction of sp³-hybridized carbons (Fsp3) is 1.00. The molecule has 0 spiro atoms. The minimum absolute atomic E-state index is 0.256. The molecule has 2 N–H and O–H groups in total. The van der Waals surface area contributed by atoms with E-state index in [4.69, 9.17) is 9.47 Å². The Kier molecular flexibility index (Phi) is 8.64. The van der Waals surface area contributed by atoms with Crippen LogP contribution in [0.25, 0.3) is 0 Å². The van der Waals surface area contributed by atoms with E-state index >= 15 is 0 Å². The van der Waals surface area contributed by atoms with Crippen molar-refractivity contribution in [3.05, 3.63) is 0 Å². The fourth-order valence-electron chi connectivity index (χ4n) is 6.54. The Morgan fingerprint density at radius 2 is 1.07 bits per heavy atom. The highest BCUT2D eigenvalue weighted by molar-refractivity contribution is 4.97. The highest BCUT2D eigenvalue weighted by Crippen LogP contribution is 2.56. The van der Waals surface area contributed by atoms with Crippen molar-refractivity contribution in [3.8, 4) is 0 Å². The average molecular weight is 397 g/mol. The molecule has 0 aromatic rings. The molecule has 3 aliphatic rings. The normalized spacial score (nSPS) is 36.0. The standard InChI is InChI=1S/C24H44O4/c1-3-22(25)27-20-12-8-18(9-13-20)24(16-6-5-7-17-24)19-10-14-21(15-11-19)28-23(26)4-2/h18-23,25-26H,3-17H2,1-2H3. The molecule has 2 unspecified atom stereocenters. The summed E-state index contributed by atoms with van der Waals surface area (Å²) in [5.74, 6) is 1.66. The molecule has 3 fully saturated rings. The second-order valence-corrected chi connectivity index (χ2v) is 9.74. The van der Waals surface area contributed by atoms with Gasteiger partial charge in [0.2, 0.25) is 0 Å². The number of aliphatic hydroxyl groups is 2. The molecule has 0 heterocycles. The first-order chi connectivity index (χ1) is 13.6. The van der Waals surface area contributed by atoms with E-state index in [0.29, 0.717) is 18.3 Å². The second-order valence-electron chi connectivity index (χ2n) is 9.74. The second kappa shape index (κ2) is 10.7. The van der Waals surface area contributed by atoms with Crippen LogP contribution in [-0.4, -0.2) is 35.0 Å². The van der Waals surface area contributed by atoms with Gasteiger partial charge in [-0.15, -0.1) is 0 Å². The van der Waals surface area contributed by atoms with E-state index in [1.54, 1.807) is 0 Å². The van der Waals surface area contributed by atoms with Gasteiger partial charge in [-0.25, -0.2) is 0 Å². The van der Waals surface area contributed by atoms with Crippen LogP contribution in [0.4, 0.5) is 0 Å². The van der Waals surface area contributed by atoms with Crippen molar-refractivity contribution in [3.63, 3.8) is 0 Å². The molecule has 2 atom stereocenters. The lowest BCUT2D eigenvalue weighted by Crippen LogP contribution is -2.44. The average Bonchev–Trinajstić information content (AvgIpc) is 2.75. The molecule has 4 nitrogen and oxygen atoms in total. The van der Waals surface area contributed by atoms with Gasteiger partial charge < -0.3 is 19.7 Å². The molecule has 0 aromatic carbocycles. The Balaban J connectivity index is 1.58. The van der Waals surface area contributed by atoms with Crippen LogP contribution in [0.5, 0.6) is 0 Å². The Labute approximate surface area is 172 Å². The molecule has 3 aliphatic carbocycles. The van der Waals surface area contributed by atoms with Crippen molar-refractivity contribution in [2.75, 3.05) is 0 Å².